The molecule has 2 rings (SSSR count). The number of aromatic nitrogens is 1. The minimum Gasteiger partial charge on any atom is -0.389 e. The normalized spacial score (nSPS) is 16.9. The van der Waals surface area contributed by atoms with E-state index in [0.29, 0.717) is 17.8 Å². The molecule has 0 aromatic carbocycles. The van der Waals surface area contributed by atoms with Gasteiger partial charge in [0.15, 0.2) is 0 Å². The van der Waals surface area contributed by atoms with Crippen molar-refractivity contribution in [1.82, 2.24) is 9.88 Å². The Kier molecular flexibility index (Phi) is 4.35. The van der Waals surface area contributed by atoms with Crippen LogP contribution in [0.4, 0.5) is 0 Å². The number of aliphatic hydroxyl groups is 1. The first kappa shape index (κ1) is 14.9. The summed E-state index contributed by atoms with van der Waals surface area (Å²) in [5.74, 6) is -0.209. The average molecular weight is 293 g/mol. The Labute approximate surface area is 123 Å². The molecule has 1 aliphatic rings. The molecule has 1 amide bonds. The van der Waals surface area contributed by atoms with Gasteiger partial charge in [0.2, 0.25) is 0 Å². The second kappa shape index (κ2) is 5.85. The molecule has 5 nitrogen and oxygen atoms in total. The molecular formula is C14H19N3O2S. The Morgan fingerprint density at radius 2 is 2.15 bits per heavy atom. The van der Waals surface area contributed by atoms with Crippen molar-refractivity contribution in [2.45, 2.75) is 31.3 Å². The standard InChI is InChI=1S/C14H19N3O2S/c1-17(9-14(19)6-2-3-7-14)13(18)11-5-4-10(8-16-11)12(15)20/h4-5,8,19H,2-3,6-7,9H2,1H3,(H2,15,20). The number of carbonyl (C=O) groups is 1. The van der Waals surface area contributed by atoms with Crippen LogP contribution in [0.15, 0.2) is 18.3 Å². The SMILES string of the molecule is CN(CC1(O)CCCC1)C(=O)c1ccc(C(N)=S)cn1. The average Bonchev–Trinajstić information content (AvgIpc) is 2.84. The molecule has 1 saturated carbocycles. The van der Waals surface area contributed by atoms with Gasteiger partial charge in [-0.15, -0.1) is 0 Å². The monoisotopic (exact) mass is 293 g/mol. The van der Waals surface area contributed by atoms with Crippen molar-refractivity contribution in [1.29, 1.82) is 0 Å². The van der Waals surface area contributed by atoms with Crippen molar-refractivity contribution in [2.75, 3.05) is 13.6 Å². The second-order valence-corrected chi connectivity index (χ2v) is 5.83. The van der Waals surface area contributed by atoms with Crippen molar-refractivity contribution in [2.24, 2.45) is 5.73 Å². The van der Waals surface area contributed by atoms with Crippen LogP contribution in [-0.2, 0) is 0 Å². The van der Waals surface area contributed by atoms with Gasteiger partial charge in [-0.2, -0.15) is 0 Å². The highest BCUT2D eigenvalue weighted by molar-refractivity contribution is 7.80. The van der Waals surface area contributed by atoms with Gasteiger partial charge in [-0.05, 0) is 25.0 Å². The van der Waals surface area contributed by atoms with E-state index < -0.39 is 5.60 Å². The summed E-state index contributed by atoms with van der Waals surface area (Å²) in [4.78, 5) is 18.1. The van der Waals surface area contributed by atoms with E-state index in [0.717, 1.165) is 25.7 Å². The van der Waals surface area contributed by atoms with Gasteiger partial charge in [-0.1, -0.05) is 25.1 Å². The van der Waals surface area contributed by atoms with E-state index in [4.69, 9.17) is 18.0 Å². The number of hydrogen-bond donors (Lipinski definition) is 2. The van der Waals surface area contributed by atoms with Gasteiger partial charge in [0, 0.05) is 25.4 Å². The second-order valence-electron chi connectivity index (χ2n) is 5.39. The lowest BCUT2D eigenvalue weighted by atomic mass is 10.0. The fourth-order valence-corrected chi connectivity index (χ4v) is 2.69. The number of nitrogens with zero attached hydrogens (tertiary/aromatic N) is 2. The number of carbonyl (C=O) groups excluding carboxylic acids is 1. The van der Waals surface area contributed by atoms with E-state index in [-0.39, 0.29) is 10.9 Å². The summed E-state index contributed by atoms with van der Waals surface area (Å²) in [5.41, 5.74) is 5.70. The molecular weight excluding hydrogens is 274 g/mol. The number of thiocarbonyl (C=S) groups is 1. The largest absolute Gasteiger partial charge is 0.389 e. The molecule has 1 aliphatic carbocycles. The number of amides is 1. The fourth-order valence-electron chi connectivity index (χ4n) is 2.57. The third-order valence-corrected chi connectivity index (χ3v) is 3.92. The van der Waals surface area contributed by atoms with E-state index in [2.05, 4.69) is 4.98 Å². The van der Waals surface area contributed by atoms with Crippen LogP contribution in [0.2, 0.25) is 0 Å². The Balaban J connectivity index is 2.04. The van der Waals surface area contributed by atoms with Crippen LogP contribution in [0.1, 0.15) is 41.7 Å². The molecule has 1 heterocycles. The molecule has 0 spiro atoms. The lowest BCUT2D eigenvalue weighted by Gasteiger charge is -2.28. The molecule has 1 fully saturated rings. The predicted octanol–water partition coefficient (Wildman–Crippen LogP) is 1.09. The lowest BCUT2D eigenvalue weighted by Crippen LogP contribution is -2.42. The first-order valence-corrected chi connectivity index (χ1v) is 7.06. The summed E-state index contributed by atoms with van der Waals surface area (Å²) in [7, 11) is 1.68. The maximum atomic E-state index is 12.2. The lowest BCUT2D eigenvalue weighted by molar-refractivity contribution is 0.0155. The summed E-state index contributed by atoms with van der Waals surface area (Å²) >= 11 is 4.84. The van der Waals surface area contributed by atoms with E-state index >= 15 is 0 Å². The van der Waals surface area contributed by atoms with Crippen molar-refractivity contribution in [3.63, 3.8) is 0 Å². The molecule has 0 aliphatic heterocycles. The molecule has 0 saturated heterocycles. The van der Waals surface area contributed by atoms with Crippen molar-refractivity contribution >= 4 is 23.1 Å². The summed E-state index contributed by atoms with van der Waals surface area (Å²) in [6, 6.07) is 3.28. The van der Waals surface area contributed by atoms with Crippen molar-refractivity contribution in [3.05, 3.63) is 29.6 Å². The van der Waals surface area contributed by atoms with Gasteiger partial charge in [0.05, 0.1) is 5.60 Å². The maximum absolute atomic E-state index is 12.2. The summed E-state index contributed by atoms with van der Waals surface area (Å²) in [5, 5.41) is 10.3. The molecule has 0 bridgehead atoms. The zero-order valence-electron chi connectivity index (χ0n) is 11.5. The van der Waals surface area contributed by atoms with Crippen LogP contribution in [0.25, 0.3) is 0 Å². The highest BCUT2D eigenvalue weighted by atomic mass is 32.1. The van der Waals surface area contributed by atoms with Crippen LogP contribution < -0.4 is 5.73 Å². The predicted molar refractivity (Wildman–Crippen MR) is 80.5 cm³/mol. The third-order valence-electron chi connectivity index (χ3n) is 3.68. The molecule has 0 radical (unpaired) electrons. The van der Waals surface area contributed by atoms with Crippen LogP contribution >= 0.6 is 12.2 Å². The highest BCUT2D eigenvalue weighted by Crippen LogP contribution is 2.30. The van der Waals surface area contributed by atoms with Gasteiger partial charge in [-0.3, -0.25) is 9.78 Å². The van der Waals surface area contributed by atoms with Crippen molar-refractivity contribution < 1.29 is 9.90 Å². The molecule has 20 heavy (non-hydrogen) atoms. The first-order valence-electron chi connectivity index (χ1n) is 6.65. The van der Waals surface area contributed by atoms with Gasteiger partial charge < -0.3 is 15.7 Å². The number of nitrogens with two attached hydrogens (primary N) is 1. The van der Waals surface area contributed by atoms with E-state index in [9.17, 15) is 9.90 Å². The third kappa shape index (κ3) is 3.32. The van der Waals surface area contributed by atoms with Gasteiger partial charge in [0.1, 0.15) is 10.7 Å². The molecule has 6 heteroatoms. The van der Waals surface area contributed by atoms with Gasteiger partial charge in [0.25, 0.3) is 5.91 Å². The zero-order chi connectivity index (χ0) is 14.8. The first-order chi connectivity index (χ1) is 9.41. The molecule has 108 valence electrons. The molecule has 1 aromatic heterocycles. The summed E-state index contributed by atoms with van der Waals surface area (Å²) in [6.45, 7) is 0.338. The quantitative estimate of drug-likeness (QED) is 0.813. The Morgan fingerprint density at radius 3 is 2.65 bits per heavy atom. The Hall–Kier alpha value is -1.53. The number of pyridine rings is 1. The minimum absolute atomic E-state index is 0.209. The maximum Gasteiger partial charge on any atom is 0.272 e. The molecule has 0 atom stereocenters. The van der Waals surface area contributed by atoms with E-state index in [1.165, 1.54) is 11.1 Å². The van der Waals surface area contributed by atoms with Gasteiger partial charge in [-0.25, -0.2) is 0 Å². The van der Waals surface area contributed by atoms with Crippen molar-refractivity contribution in [3.8, 4) is 0 Å². The summed E-state index contributed by atoms with van der Waals surface area (Å²) < 4.78 is 0. The minimum atomic E-state index is -0.747. The fraction of sp³-hybridized carbons (Fsp3) is 0.500. The Morgan fingerprint density at radius 1 is 1.50 bits per heavy atom. The number of hydrogen-bond acceptors (Lipinski definition) is 4. The highest BCUT2D eigenvalue weighted by Gasteiger charge is 2.33. The van der Waals surface area contributed by atoms with Crippen LogP contribution in [0.5, 0.6) is 0 Å². The van der Waals surface area contributed by atoms with E-state index in [1.54, 1.807) is 19.2 Å². The smallest absolute Gasteiger partial charge is 0.272 e. The van der Waals surface area contributed by atoms with Crippen LogP contribution in [-0.4, -0.2) is 45.1 Å². The topological polar surface area (TPSA) is 79.5 Å². The number of likely N-dealkylation sites (N-methyl/N-ethyl adjacent to an activating group) is 1. The molecule has 1 aromatic rings. The Bertz CT molecular complexity index is 510. The van der Waals surface area contributed by atoms with Crippen LogP contribution in [0, 0.1) is 0 Å². The zero-order valence-corrected chi connectivity index (χ0v) is 12.3. The molecule has 3 N–H and O–H groups in total. The van der Waals surface area contributed by atoms with Gasteiger partial charge >= 0.3 is 0 Å². The van der Waals surface area contributed by atoms with Crippen LogP contribution in [0.3, 0.4) is 0 Å². The number of rotatable bonds is 4. The van der Waals surface area contributed by atoms with E-state index in [1.807, 2.05) is 0 Å². The summed E-state index contributed by atoms with van der Waals surface area (Å²) in [6.07, 6.45) is 5.02. The molecule has 0 unspecified atom stereocenters.